The highest BCUT2D eigenvalue weighted by atomic mass is 16.5. The molecule has 5 N–H and O–H groups in total. The van der Waals surface area contributed by atoms with E-state index in [1.165, 1.54) is 0 Å². The van der Waals surface area contributed by atoms with E-state index in [9.17, 15) is 34.2 Å². The van der Waals surface area contributed by atoms with Gasteiger partial charge in [-0.05, 0) is 58.8 Å². The summed E-state index contributed by atoms with van der Waals surface area (Å²) in [6, 6.07) is -1.27. The average Bonchev–Trinajstić information content (AvgIpc) is 2.98. The second kappa shape index (κ2) is 22.0. The zero-order chi connectivity index (χ0) is 37.0. The fourth-order valence-corrected chi connectivity index (χ4v) is 4.59. The van der Waals surface area contributed by atoms with Gasteiger partial charge in [0.15, 0.2) is 0 Å². The van der Waals surface area contributed by atoms with Crippen LogP contribution >= 0.6 is 0 Å². The van der Waals surface area contributed by atoms with Gasteiger partial charge in [0.2, 0.25) is 17.7 Å². The number of carbonyl (C=O) groups excluding carboxylic acids is 3. The number of amides is 3. The van der Waals surface area contributed by atoms with Crippen molar-refractivity contribution in [2.24, 2.45) is 16.2 Å². The van der Waals surface area contributed by atoms with Crippen LogP contribution in [0.25, 0.3) is 0 Å². The van der Waals surface area contributed by atoms with Crippen LogP contribution in [0.4, 0.5) is 0 Å². The zero-order valence-corrected chi connectivity index (χ0v) is 30.8. The van der Waals surface area contributed by atoms with Gasteiger partial charge < -0.3 is 45.1 Å². The van der Waals surface area contributed by atoms with Gasteiger partial charge in [0.25, 0.3) is 0 Å². The van der Waals surface area contributed by atoms with Crippen LogP contribution in [0.5, 0.6) is 0 Å². The van der Waals surface area contributed by atoms with E-state index >= 15 is 0 Å². The predicted octanol–water partition coefficient (Wildman–Crippen LogP) is 3.16. The van der Waals surface area contributed by atoms with Crippen LogP contribution in [-0.4, -0.2) is 111 Å². The maximum Gasteiger partial charge on any atom is 0.326 e. The maximum absolute atomic E-state index is 12.7. The summed E-state index contributed by atoms with van der Waals surface area (Å²) in [5, 5.41) is 26.6. The lowest BCUT2D eigenvalue weighted by Crippen LogP contribution is -2.47. The minimum atomic E-state index is -1.27. The largest absolute Gasteiger partial charge is 0.481 e. The van der Waals surface area contributed by atoms with Crippen molar-refractivity contribution in [3.8, 4) is 0 Å². The summed E-state index contributed by atoms with van der Waals surface area (Å²) < 4.78 is 22.2. The van der Waals surface area contributed by atoms with E-state index in [-0.39, 0.29) is 75.6 Å². The molecule has 0 fully saturated rings. The van der Waals surface area contributed by atoms with E-state index < -0.39 is 40.6 Å². The first kappa shape index (κ1) is 45.2. The van der Waals surface area contributed by atoms with Crippen LogP contribution in [-0.2, 0) is 42.9 Å². The molecule has 0 saturated heterocycles. The Bertz CT molecular complexity index is 1010. The van der Waals surface area contributed by atoms with Crippen molar-refractivity contribution in [1.29, 1.82) is 0 Å². The first-order valence-corrected chi connectivity index (χ1v) is 16.8. The molecule has 48 heavy (non-hydrogen) atoms. The Morgan fingerprint density at radius 3 is 1.75 bits per heavy atom. The van der Waals surface area contributed by atoms with Gasteiger partial charge in [0.05, 0.1) is 50.7 Å². The van der Waals surface area contributed by atoms with Gasteiger partial charge in [-0.15, -0.1) is 0 Å². The van der Waals surface area contributed by atoms with Gasteiger partial charge in [0, 0.05) is 24.9 Å². The minimum Gasteiger partial charge on any atom is -0.481 e. The van der Waals surface area contributed by atoms with Crippen molar-refractivity contribution < 1.29 is 53.1 Å². The molecule has 0 bridgehead atoms. The third-order valence-corrected chi connectivity index (χ3v) is 8.16. The van der Waals surface area contributed by atoms with E-state index in [2.05, 4.69) is 50.6 Å². The molecule has 3 amide bonds. The van der Waals surface area contributed by atoms with Gasteiger partial charge >= 0.3 is 11.9 Å². The maximum atomic E-state index is 12.7. The van der Waals surface area contributed by atoms with Crippen LogP contribution < -0.4 is 16.0 Å². The summed E-state index contributed by atoms with van der Waals surface area (Å²) in [7, 11) is 0. The zero-order valence-electron chi connectivity index (χ0n) is 30.8. The highest BCUT2D eigenvalue weighted by Gasteiger charge is 2.35. The van der Waals surface area contributed by atoms with E-state index in [1.807, 2.05) is 0 Å². The molecule has 0 aliphatic rings. The monoisotopic (exact) mass is 689 g/mol. The Kier molecular flexibility index (Phi) is 20.7. The van der Waals surface area contributed by atoms with Gasteiger partial charge in [-0.3, -0.25) is 19.2 Å². The molecule has 0 heterocycles. The third kappa shape index (κ3) is 21.2. The van der Waals surface area contributed by atoms with Crippen LogP contribution in [0.1, 0.15) is 101 Å². The average molecular weight is 690 g/mol. The van der Waals surface area contributed by atoms with Gasteiger partial charge in [-0.1, -0.05) is 41.0 Å². The molecule has 0 spiro atoms. The molecule has 280 valence electrons. The molecule has 0 rings (SSSR count). The highest BCUT2D eigenvalue weighted by Crippen LogP contribution is 2.33. The first-order chi connectivity index (χ1) is 22.1. The normalized spacial score (nSPS) is 13.1. The molecular formula is C34H63N3O11. The van der Waals surface area contributed by atoms with Crippen molar-refractivity contribution in [2.45, 2.75) is 112 Å². The van der Waals surface area contributed by atoms with Gasteiger partial charge in [0.1, 0.15) is 12.6 Å². The Morgan fingerprint density at radius 2 is 1.21 bits per heavy atom. The lowest BCUT2D eigenvalue weighted by molar-refractivity contribution is -0.148. The molecular weight excluding hydrogens is 626 g/mol. The number of rotatable bonds is 28. The second-order valence-corrected chi connectivity index (χ2v) is 14.8. The number of hydrogen-bond acceptors (Lipinski definition) is 9. The topological polar surface area (TPSA) is 199 Å². The van der Waals surface area contributed by atoms with E-state index in [0.29, 0.717) is 26.4 Å². The number of carboxylic acids is 2. The number of carbonyl (C=O) groups is 5. The summed E-state index contributed by atoms with van der Waals surface area (Å²) in [6.45, 7) is 19.5. The Balaban J connectivity index is 4.01. The third-order valence-electron chi connectivity index (χ3n) is 8.16. The van der Waals surface area contributed by atoms with Gasteiger partial charge in [-0.25, -0.2) is 4.79 Å². The predicted molar refractivity (Wildman–Crippen MR) is 180 cm³/mol. The molecule has 0 aromatic heterocycles. The molecule has 0 aromatic carbocycles. The molecule has 0 aromatic rings. The summed E-state index contributed by atoms with van der Waals surface area (Å²) in [5.41, 5.74) is -2.04. The van der Waals surface area contributed by atoms with Gasteiger partial charge in [-0.2, -0.15) is 0 Å². The van der Waals surface area contributed by atoms with Crippen LogP contribution in [0.2, 0.25) is 0 Å². The second-order valence-electron chi connectivity index (χ2n) is 14.8. The fourth-order valence-electron chi connectivity index (χ4n) is 4.59. The molecule has 0 aliphatic heterocycles. The molecule has 0 radical (unpaired) electrons. The van der Waals surface area contributed by atoms with Crippen molar-refractivity contribution in [3.63, 3.8) is 0 Å². The lowest BCUT2D eigenvalue weighted by atomic mass is 9.78. The molecule has 14 nitrogen and oxygen atoms in total. The summed E-state index contributed by atoms with van der Waals surface area (Å²) >= 11 is 0. The molecule has 0 unspecified atom stereocenters. The number of nitrogens with one attached hydrogen (secondary N) is 3. The van der Waals surface area contributed by atoms with Crippen molar-refractivity contribution in [2.75, 3.05) is 59.3 Å². The molecule has 0 saturated carbocycles. The quantitative estimate of drug-likeness (QED) is 0.0757. The highest BCUT2D eigenvalue weighted by molar-refractivity contribution is 5.87. The van der Waals surface area contributed by atoms with Crippen LogP contribution in [0.15, 0.2) is 0 Å². The molecule has 1 atom stereocenters. The van der Waals surface area contributed by atoms with E-state index in [1.54, 1.807) is 27.7 Å². The number of ether oxygens (including phenoxy) is 4. The van der Waals surface area contributed by atoms with E-state index in [4.69, 9.17) is 18.9 Å². The lowest BCUT2D eigenvalue weighted by Gasteiger charge is -2.34. The summed E-state index contributed by atoms with van der Waals surface area (Å²) in [4.78, 5) is 59.9. The molecule has 14 heteroatoms. The number of carboxylic acid groups (broad SMARTS) is 2. The minimum absolute atomic E-state index is 0.114. The van der Waals surface area contributed by atoms with Crippen LogP contribution in [0, 0.1) is 16.2 Å². The smallest absolute Gasteiger partial charge is 0.326 e. The summed E-state index contributed by atoms with van der Waals surface area (Å²) in [6.07, 6.45) is 2.27. The van der Waals surface area contributed by atoms with Crippen LogP contribution in [0.3, 0.4) is 0 Å². The Labute approximate surface area is 286 Å². The fraction of sp³-hybridized carbons (Fsp3) is 0.853. The van der Waals surface area contributed by atoms with Crippen molar-refractivity contribution in [3.05, 3.63) is 0 Å². The SMILES string of the molecule is CCC(C)(C)CC(C)(C)OCCOCCNC(=O)COCCOCCNC(=O)CC[C@H](NC(=O)C(C)(C)CCC(C)(C)C(=O)O)C(=O)O. The number of hydrogen-bond donors (Lipinski definition) is 5. The summed E-state index contributed by atoms with van der Waals surface area (Å²) in [5.74, 6) is -3.44. The van der Waals surface area contributed by atoms with Crippen molar-refractivity contribution >= 4 is 29.7 Å². The molecule has 0 aliphatic carbocycles. The Hall–Kier alpha value is -2.81. The van der Waals surface area contributed by atoms with E-state index in [0.717, 1.165) is 12.8 Å². The first-order valence-electron chi connectivity index (χ1n) is 16.8. The number of aliphatic carboxylic acids is 2. The van der Waals surface area contributed by atoms with Crippen molar-refractivity contribution in [1.82, 2.24) is 16.0 Å². The standard InChI is InChI=1S/C34H63N3O11/c1-10-31(2,3)24-34(8,9)48-22-21-46-18-16-36-27(39)23-47-20-19-45-17-15-35-26(38)12-11-25(28(40)41)37-29(42)32(4,5)13-14-33(6,7)30(43)44/h25H,10-24H2,1-9H3,(H,35,38)(H,36,39)(H,37,42)(H,40,41)(H,43,44)/t25-/m0/s1. The Morgan fingerprint density at radius 1 is 0.688 bits per heavy atom.